The molecule has 1 heterocycles. The van der Waals surface area contributed by atoms with Gasteiger partial charge in [-0.15, -0.1) is 0 Å². The highest BCUT2D eigenvalue weighted by Crippen LogP contribution is 2.30. The van der Waals surface area contributed by atoms with Crippen LogP contribution in [0, 0.1) is 5.92 Å². The highest BCUT2D eigenvalue weighted by Gasteiger charge is 2.24. The fraction of sp³-hybridized carbons (Fsp3) is 0.633. The molecule has 0 aromatic heterocycles. The molecule has 15 N–H and O–H groups in total. The lowest BCUT2D eigenvalue weighted by atomic mass is 9.90. The topological polar surface area (TPSA) is 320 Å². The molecule has 0 saturated heterocycles. The number of hydrogen-bond donors (Lipinski definition) is 10. The second kappa shape index (κ2) is 20.3. The second-order valence-electron chi connectivity index (χ2n) is 11.7. The first-order chi connectivity index (χ1) is 21.5. The van der Waals surface area contributed by atoms with Crippen molar-refractivity contribution < 1.29 is 49.5 Å². The first kappa shape index (κ1) is 40.2. The average Bonchev–Trinajstić information content (AvgIpc) is 2.99. The maximum atomic E-state index is 11.5. The van der Waals surface area contributed by atoms with Crippen molar-refractivity contribution in [3.63, 3.8) is 0 Å². The molecule has 0 saturated carbocycles. The lowest BCUT2D eigenvalue weighted by Crippen LogP contribution is -2.34. The van der Waals surface area contributed by atoms with Crippen molar-refractivity contribution in [2.45, 2.75) is 101 Å². The van der Waals surface area contributed by atoms with Crippen molar-refractivity contribution in [2.24, 2.45) is 34.6 Å². The number of carbonyl (C=O) groups is 5. The van der Waals surface area contributed by atoms with E-state index < -0.39 is 60.1 Å². The minimum absolute atomic E-state index is 0.103. The van der Waals surface area contributed by atoms with Crippen LogP contribution in [-0.2, 0) is 24.0 Å². The second-order valence-corrected chi connectivity index (χ2v) is 11.7. The maximum absolute atomic E-state index is 11.5. The third-order valence-corrected chi connectivity index (χ3v) is 7.95. The van der Waals surface area contributed by atoms with Gasteiger partial charge in [0.25, 0.3) is 0 Å². The predicted octanol–water partition coefficient (Wildman–Crippen LogP) is 0.00550. The Morgan fingerprint density at radius 3 is 1.54 bits per heavy atom. The van der Waals surface area contributed by atoms with E-state index in [1.807, 2.05) is 23.1 Å². The Kier molecular flexibility index (Phi) is 17.8. The molecular weight excluding hydrogens is 604 g/mol. The molecule has 0 spiro atoms. The van der Waals surface area contributed by atoms with Gasteiger partial charge in [-0.1, -0.05) is 17.7 Å². The van der Waals surface area contributed by atoms with Crippen molar-refractivity contribution in [2.75, 3.05) is 13.1 Å². The maximum Gasteiger partial charge on any atom is 0.320 e. The number of carboxylic acid groups (broad SMARTS) is 5. The van der Waals surface area contributed by atoms with E-state index in [1.54, 1.807) is 0 Å². The van der Waals surface area contributed by atoms with Crippen LogP contribution in [0.15, 0.2) is 35.1 Å². The number of nitrogens with zero attached hydrogens (tertiary/aromatic N) is 1. The number of allylic oxidation sites excluding steroid dienone is 4. The summed E-state index contributed by atoms with van der Waals surface area (Å²) in [6.45, 7) is 0.852. The summed E-state index contributed by atoms with van der Waals surface area (Å²) in [5, 5.41) is 46.2. The summed E-state index contributed by atoms with van der Waals surface area (Å²) in [6, 6.07) is -5.43. The summed E-state index contributed by atoms with van der Waals surface area (Å²) < 4.78 is 0. The molecule has 0 amide bonds. The van der Waals surface area contributed by atoms with Gasteiger partial charge in [0.2, 0.25) is 0 Å². The van der Waals surface area contributed by atoms with Gasteiger partial charge in [0.1, 0.15) is 30.2 Å². The molecule has 0 bridgehead atoms. The summed E-state index contributed by atoms with van der Waals surface area (Å²) >= 11 is 0. The first-order valence-electron chi connectivity index (χ1n) is 15.3. The number of nitrogens with two attached hydrogens (primary N) is 5. The van der Waals surface area contributed by atoms with Crippen molar-refractivity contribution >= 4 is 29.8 Å². The molecule has 5 atom stereocenters. The molecule has 0 aromatic rings. The molecule has 1 aliphatic heterocycles. The van der Waals surface area contributed by atoms with Gasteiger partial charge in [-0.2, -0.15) is 0 Å². The molecule has 0 radical (unpaired) electrons. The van der Waals surface area contributed by atoms with Crippen LogP contribution >= 0.6 is 0 Å². The monoisotopic (exact) mass is 654 g/mol. The van der Waals surface area contributed by atoms with E-state index in [-0.39, 0.29) is 44.4 Å². The first-order valence-corrected chi connectivity index (χ1v) is 15.3. The van der Waals surface area contributed by atoms with Crippen LogP contribution in [-0.4, -0.2) is 104 Å². The van der Waals surface area contributed by atoms with Gasteiger partial charge >= 0.3 is 29.8 Å². The van der Waals surface area contributed by atoms with E-state index >= 15 is 0 Å². The Labute approximate surface area is 267 Å². The van der Waals surface area contributed by atoms with Crippen LogP contribution in [0.1, 0.15) is 70.6 Å². The lowest BCUT2D eigenvalue weighted by Gasteiger charge is -2.34. The molecule has 1 aliphatic rings. The number of aliphatic carboxylic acids is 5. The van der Waals surface area contributed by atoms with Crippen molar-refractivity contribution in [1.29, 1.82) is 0 Å². The van der Waals surface area contributed by atoms with Crippen LogP contribution in [0.25, 0.3) is 0 Å². The normalized spacial score (nSPS) is 17.6. The van der Waals surface area contributed by atoms with E-state index in [9.17, 15) is 44.4 Å². The minimum Gasteiger partial charge on any atom is -0.480 e. The molecule has 16 nitrogen and oxygen atoms in total. The van der Waals surface area contributed by atoms with Gasteiger partial charge in [-0.3, -0.25) is 24.0 Å². The zero-order valence-electron chi connectivity index (χ0n) is 26.0. The third kappa shape index (κ3) is 15.0. The molecule has 0 fully saturated rings. The number of rotatable bonds is 24. The SMILES string of the molecule is NC(CCCCN1CC(CCC(N)C(=O)O)=CC(CCC(N)C(=O)O)=C1C=CC(CCC(N)C(=O)O)CCC(N)C(=O)O)C(=O)O. The molecule has 16 heteroatoms. The van der Waals surface area contributed by atoms with Crippen LogP contribution in [0.2, 0.25) is 0 Å². The van der Waals surface area contributed by atoms with Gasteiger partial charge in [-0.05, 0) is 88.2 Å². The summed E-state index contributed by atoms with van der Waals surface area (Å²) in [7, 11) is 0. The van der Waals surface area contributed by atoms with Crippen LogP contribution < -0.4 is 28.7 Å². The summed E-state index contributed by atoms with van der Waals surface area (Å²) in [5.74, 6) is -6.01. The Bertz CT molecular complexity index is 1130. The summed E-state index contributed by atoms with van der Waals surface area (Å²) in [5.41, 5.74) is 31.0. The van der Waals surface area contributed by atoms with E-state index in [0.717, 1.165) is 16.8 Å². The molecule has 1 rings (SSSR count). The predicted molar refractivity (Wildman–Crippen MR) is 168 cm³/mol. The zero-order chi connectivity index (χ0) is 35.0. The summed E-state index contributed by atoms with van der Waals surface area (Å²) in [6.07, 6.45) is 8.71. The van der Waals surface area contributed by atoms with Gasteiger partial charge in [-0.25, -0.2) is 0 Å². The number of carboxylic acids is 5. The Morgan fingerprint density at radius 2 is 1.07 bits per heavy atom. The van der Waals surface area contributed by atoms with Crippen LogP contribution in [0.3, 0.4) is 0 Å². The minimum atomic E-state index is -1.17. The number of hydrogen-bond acceptors (Lipinski definition) is 11. The Balaban J connectivity index is 3.48. The highest BCUT2D eigenvalue weighted by atomic mass is 16.4. The average molecular weight is 655 g/mol. The fourth-order valence-corrected chi connectivity index (χ4v) is 4.95. The van der Waals surface area contributed by atoms with Crippen molar-refractivity contribution in [3.05, 3.63) is 35.1 Å². The zero-order valence-corrected chi connectivity index (χ0v) is 26.0. The van der Waals surface area contributed by atoms with E-state index in [2.05, 4.69) is 0 Å². The van der Waals surface area contributed by atoms with Crippen molar-refractivity contribution in [3.8, 4) is 0 Å². The molecule has 260 valence electrons. The lowest BCUT2D eigenvalue weighted by molar-refractivity contribution is -0.139. The van der Waals surface area contributed by atoms with E-state index in [4.69, 9.17) is 33.8 Å². The van der Waals surface area contributed by atoms with E-state index in [1.165, 1.54) is 0 Å². The quantitative estimate of drug-likeness (QED) is 0.0612. The molecule has 0 aliphatic carbocycles. The van der Waals surface area contributed by atoms with Gasteiger partial charge in [0.15, 0.2) is 0 Å². The van der Waals surface area contributed by atoms with Crippen LogP contribution in [0.4, 0.5) is 0 Å². The third-order valence-electron chi connectivity index (χ3n) is 7.95. The Hall–Kier alpha value is -3.83. The summed E-state index contributed by atoms with van der Waals surface area (Å²) in [4.78, 5) is 58.6. The van der Waals surface area contributed by atoms with E-state index in [0.29, 0.717) is 45.2 Å². The molecular formula is C30H50N6O10. The van der Waals surface area contributed by atoms with Crippen LogP contribution in [0.5, 0.6) is 0 Å². The standard InChI is InChI=1S/C30H50N6O10/c31-20(26(37)38)3-1-2-14-36-16-18(6-11-23(34)29(43)44)15-19(8-12-24(35)30(45)46)25(36)13-7-17(4-9-21(32)27(39)40)5-10-22(33)28(41)42/h7,13,15,17,20-24H,1-6,8-12,14,16,31-35H2,(H,37,38)(H,39,40)(H,41,42)(H,43,44)(H,45,46). The van der Waals surface area contributed by atoms with Gasteiger partial charge < -0.3 is 59.1 Å². The largest absolute Gasteiger partial charge is 0.480 e. The highest BCUT2D eigenvalue weighted by molar-refractivity contribution is 5.74. The van der Waals surface area contributed by atoms with Crippen molar-refractivity contribution in [1.82, 2.24) is 4.90 Å². The van der Waals surface area contributed by atoms with Gasteiger partial charge in [0, 0.05) is 18.8 Å². The molecule has 0 aromatic carbocycles. The molecule has 46 heavy (non-hydrogen) atoms. The fourth-order valence-electron chi connectivity index (χ4n) is 4.95. The smallest absolute Gasteiger partial charge is 0.320 e. The van der Waals surface area contributed by atoms with Gasteiger partial charge in [0.05, 0.1) is 0 Å². The number of unbranched alkanes of at least 4 members (excludes halogenated alkanes) is 1. The Morgan fingerprint density at radius 1 is 0.630 bits per heavy atom. The molecule has 5 unspecified atom stereocenters.